The molecule has 0 aliphatic carbocycles. The molecule has 0 amide bonds. The number of pyridine rings is 1. The van der Waals surface area contributed by atoms with E-state index in [4.69, 9.17) is 23.1 Å². The zero-order valence-electron chi connectivity index (χ0n) is 10.1. The number of piperidine rings is 1. The molecule has 0 atom stereocenters. The van der Waals surface area contributed by atoms with Gasteiger partial charge in [-0.15, -0.1) is 12.4 Å². The lowest BCUT2D eigenvalue weighted by molar-refractivity contribution is 0.320. The lowest BCUT2D eigenvalue weighted by atomic mass is 10.1. The number of aromatic nitrogens is 1. The van der Waals surface area contributed by atoms with Crippen molar-refractivity contribution in [2.24, 2.45) is 5.73 Å². The third kappa shape index (κ3) is 3.49. The predicted octanol–water partition coefficient (Wildman–Crippen LogP) is 0.851. The van der Waals surface area contributed by atoms with Crippen molar-refractivity contribution in [3.8, 4) is 0 Å². The van der Waals surface area contributed by atoms with Crippen LogP contribution in [0, 0.1) is 0 Å². The van der Waals surface area contributed by atoms with Crippen molar-refractivity contribution in [3.63, 3.8) is 0 Å². The smallest absolute Gasteiger partial charge is 0.246 e. The molecule has 0 bridgehead atoms. The highest BCUT2D eigenvalue weighted by Crippen LogP contribution is 2.25. The van der Waals surface area contributed by atoms with E-state index in [9.17, 15) is 8.42 Å². The molecular formula is C10H16Cl2N4O2S. The van der Waals surface area contributed by atoms with Crippen molar-refractivity contribution < 1.29 is 8.42 Å². The Morgan fingerprint density at radius 3 is 2.53 bits per heavy atom. The van der Waals surface area contributed by atoms with E-state index < -0.39 is 10.0 Å². The first-order valence-corrected chi connectivity index (χ1v) is 7.40. The molecule has 1 fully saturated rings. The molecule has 1 aliphatic heterocycles. The lowest BCUT2D eigenvalue weighted by Crippen LogP contribution is -2.42. The van der Waals surface area contributed by atoms with Crippen molar-refractivity contribution in [1.82, 2.24) is 9.29 Å². The third-order valence-electron chi connectivity index (χ3n) is 2.96. The standard InChI is InChI=1S/C10H15ClN4O2S.ClH/c11-7-5-9(10(13)14-6-7)18(16,17)15-3-1-8(12)2-4-15;/h5-6,8H,1-4,12H2,(H2,13,14);1H. The van der Waals surface area contributed by atoms with Crippen LogP contribution in [-0.4, -0.2) is 36.8 Å². The van der Waals surface area contributed by atoms with Crippen LogP contribution in [0.25, 0.3) is 0 Å². The number of rotatable bonds is 2. The Bertz CT molecular complexity index is 544. The van der Waals surface area contributed by atoms with Gasteiger partial charge in [0.1, 0.15) is 10.7 Å². The summed E-state index contributed by atoms with van der Waals surface area (Å²) in [5.74, 6) is -0.0331. The summed E-state index contributed by atoms with van der Waals surface area (Å²) in [6, 6.07) is 1.39. The fourth-order valence-corrected chi connectivity index (χ4v) is 3.68. The molecule has 1 aromatic rings. The van der Waals surface area contributed by atoms with Gasteiger partial charge in [-0.1, -0.05) is 11.6 Å². The quantitative estimate of drug-likeness (QED) is 0.838. The van der Waals surface area contributed by atoms with Crippen molar-refractivity contribution in [2.75, 3.05) is 18.8 Å². The third-order valence-corrected chi connectivity index (χ3v) is 5.10. The molecule has 0 spiro atoms. The minimum Gasteiger partial charge on any atom is -0.383 e. The van der Waals surface area contributed by atoms with Crippen molar-refractivity contribution in [2.45, 2.75) is 23.8 Å². The van der Waals surface area contributed by atoms with Gasteiger partial charge in [-0.25, -0.2) is 13.4 Å². The number of anilines is 1. The number of nitrogens with zero attached hydrogens (tertiary/aromatic N) is 2. The second-order valence-corrected chi connectivity index (χ2v) is 6.62. The monoisotopic (exact) mass is 326 g/mol. The maximum absolute atomic E-state index is 12.4. The summed E-state index contributed by atoms with van der Waals surface area (Å²) >= 11 is 5.76. The van der Waals surface area contributed by atoms with Gasteiger partial charge in [0.25, 0.3) is 0 Å². The van der Waals surface area contributed by atoms with Gasteiger partial charge in [0.2, 0.25) is 10.0 Å². The highest BCUT2D eigenvalue weighted by atomic mass is 35.5. The first-order chi connectivity index (χ1) is 8.41. The van der Waals surface area contributed by atoms with Crippen molar-refractivity contribution in [1.29, 1.82) is 0 Å². The summed E-state index contributed by atoms with van der Waals surface area (Å²) in [7, 11) is -3.63. The molecule has 0 saturated carbocycles. The zero-order valence-corrected chi connectivity index (χ0v) is 12.5. The highest BCUT2D eigenvalue weighted by Gasteiger charge is 2.30. The van der Waals surface area contributed by atoms with Crippen LogP contribution in [0.15, 0.2) is 17.2 Å². The highest BCUT2D eigenvalue weighted by molar-refractivity contribution is 7.89. The number of nitrogens with two attached hydrogens (primary N) is 2. The Morgan fingerprint density at radius 1 is 1.37 bits per heavy atom. The molecule has 1 aliphatic rings. The van der Waals surface area contributed by atoms with Crippen LogP contribution >= 0.6 is 24.0 Å². The topological polar surface area (TPSA) is 102 Å². The van der Waals surface area contributed by atoms with Gasteiger partial charge >= 0.3 is 0 Å². The fraction of sp³-hybridized carbons (Fsp3) is 0.500. The summed E-state index contributed by atoms with van der Waals surface area (Å²) in [6.45, 7) is 0.797. The minimum absolute atomic E-state index is 0. The summed E-state index contributed by atoms with van der Waals surface area (Å²) in [4.78, 5) is 3.73. The zero-order chi connectivity index (χ0) is 13.3. The van der Waals surface area contributed by atoms with Gasteiger partial charge in [-0.05, 0) is 18.9 Å². The largest absolute Gasteiger partial charge is 0.383 e. The van der Waals surface area contributed by atoms with Crippen molar-refractivity contribution in [3.05, 3.63) is 17.3 Å². The van der Waals surface area contributed by atoms with E-state index in [1.807, 2.05) is 0 Å². The van der Waals surface area contributed by atoms with Crippen LogP contribution < -0.4 is 11.5 Å². The van der Waals surface area contributed by atoms with E-state index in [2.05, 4.69) is 4.98 Å². The van der Waals surface area contributed by atoms with Gasteiger partial charge < -0.3 is 11.5 Å². The number of hydrogen-bond acceptors (Lipinski definition) is 5. The summed E-state index contributed by atoms with van der Waals surface area (Å²) in [5, 5.41) is 0.247. The van der Waals surface area contributed by atoms with E-state index in [0.29, 0.717) is 25.9 Å². The predicted molar refractivity (Wildman–Crippen MR) is 76.9 cm³/mol. The molecular weight excluding hydrogens is 311 g/mol. The number of halogens is 2. The Labute approximate surface area is 123 Å². The number of sulfonamides is 1. The molecule has 4 N–H and O–H groups in total. The van der Waals surface area contributed by atoms with E-state index in [1.54, 1.807) is 0 Å². The van der Waals surface area contributed by atoms with Crippen LogP contribution in [-0.2, 0) is 10.0 Å². The van der Waals surface area contributed by atoms with Crippen LogP contribution in [0.1, 0.15) is 12.8 Å². The van der Waals surface area contributed by atoms with E-state index in [1.165, 1.54) is 16.6 Å². The van der Waals surface area contributed by atoms with Gasteiger partial charge in [0.05, 0.1) is 5.02 Å². The molecule has 1 aromatic heterocycles. The van der Waals surface area contributed by atoms with Gasteiger partial charge in [0, 0.05) is 25.3 Å². The van der Waals surface area contributed by atoms with Crippen LogP contribution in [0.5, 0.6) is 0 Å². The normalized spacial score (nSPS) is 18.0. The fourth-order valence-electron chi connectivity index (χ4n) is 1.89. The SMILES string of the molecule is Cl.Nc1ncc(Cl)cc1S(=O)(=O)N1CCC(N)CC1. The minimum atomic E-state index is -3.63. The average molecular weight is 327 g/mol. The molecule has 19 heavy (non-hydrogen) atoms. The molecule has 6 nitrogen and oxygen atoms in total. The van der Waals surface area contributed by atoms with Gasteiger partial charge in [0.15, 0.2) is 0 Å². The van der Waals surface area contributed by atoms with Crippen molar-refractivity contribution >= 4 is 39.8 Å². The molecule has 0 unspecified atom stereocenters. The lowest BCUT2D eigenvalue weighted by Gasteiger charge is -2.29. The van der Waals surface area contributed by atoms with Crippen LogP contribution in [0.2, 0.25) is 5.02 Å². The molecule has 2 heterocycles. The number of hydrogen-bond donors (Lipinski definition) is 2. The maximum Gasteiger partial charge on any atom is 0.246 e. The first-order valence-electron chi connectivity index (χ1n) is 5.58. The van der Waals surface area contributed by atoms with Crippen LogP contribution in [0.4, 0.5) is 5.82 Å². The molecule has 1 saturated heterocycles. The Kier molecular flexibility index (Phi) is 5.40. The Balaban J connectivity index is 0.00000180. The molecule has 0 radical (unpaired) electrons. The average Bonchev–Trinajstić information content (AvgIpc) is 2.32. The summed E-state index contributed by atoms with van der Waals surface area (Å²) < 4.78 is 26.1. The second kappa shape index (κ2) is 6.23. The first kappa shape index (κ1) is 16.5. The van der Waals surface area contributed by atoms with E-state index in [-0.39, 0.29) is 34.2 Å². The summed E-state index contributed by atoms with van der Waals surface area (Å²) in [6.07, 6.45) is 2.61. The molecule has 2 rings (SSSR count). The Morgan fingerprint density at radius 2 is 1.95 bits per heavy atom. The molecule has 108 valence electrons. The van der Waals surface area contributed by atoms with E-state index >= 15 is 0 Å². The summed E-state index contributed by atoms with van der Waals surface area (Å²) in [5.41, 5.74) is 11.4. The second-order valence-electron chi connectivity index (χ2n) is 4.28. The van der Waals surface area contributed by atoms with Gasteiger partial charge in [-0.2, -0.15) is 4.31 Å². The molecule has 0 aromatic carbocycles. The number of nitrogen functional groups attached to an aromatic ring is 1. The maximum atomic E-state index is 12.4. The van der Waals surface area contributed by atoms with Gasteiger partial charge in [-0.3, -0.25) is 0 Å². The van der Waals surface area contributed by atoms with E-state index in [0.717, 1.165) is 0 Å². The Hall–Kier alpha value is -0.600. The molecule has 9 heteroatoms. The van der Waals surface area contributed by atoms with Crippen LogP contribution in [0.3, 0.4) is 0 Å².